The predicted octanol–water partition coefficient (Wildman–Crippen LogP) is 3.92. The van der Waals surface area contributed by atoms with Crippen LogP contribution in [-0.4, -0.2) is 64.3 Å². The molecule has 3 aliphatic heterocycles. The maximum Gasteiger partial charge on any atom is 0.247 e. The Morgan fingerprint density at radius 1 is 0.781 bits per heavy atom. The first-order valence-electron chi connectivity index (χ1n) is 13.1. The number of amides is 2. The van der Waals surface area contributed by atoms with Gasteiger partial charge in [-0.25, -0.2) is 0 Å². The average Bonchev–Trinajstić information content (AvgIpc) is 3.24. The number of benzene rings is 1. The number of hydrogen-bond donors (Lipinski definition) is 0. The Labute approximate surface area is 192 Å². The first-order valence-corrected chi connectivity index (χ1v) is 13.1. The Kier molecular flexibility index (Phi) is 5.49. The van der Waals surface area contributed by atoms with E-state index in [1.54, 1.807) is 0 Å². The molecule has 4 unspecified atom stereocenters. The summed E-state index contributed by atoms with van der Waals surface area (Å²) in [5.74, 6) is 1.73. The molecule has 0 radical (unpaired) electrons. The SMILES string of the molecule is O=C1C2CC3CCCCC3N2C(=O)C2CN(Cc3ccc(C4CCCCC4)cc3)CCN12. The second-order valence-corrected chi connectivity index (χ2v) is 11.0. The van der Waals surface area contributed by atoms with Gasteiger partial charge in [0.05, 0.1) is 0 Å². The van der Waals surface area contributed by atoms with Gasteiger partial charge in [-0.2, -0.15) is 0 Å². The molecule has 0 spiro atoms. The molecule has 0 bridgehead atoms. The van der Waals surface area contributed by atoms with Crippen LogP contribution in [0.25, 0.3) is 0 Å². The van der Waals surface area contributed by atoms with E-state index in [-0.39, 0.29) is 23.9 Å². The second kappa shape index (κ2) is 8.48. The summed E-state index contributed by atoms with van der Waals surface area (Å²) in [6.07, 6.45) is 12.4. The molecular formula is C27H37N3O2. The summed E-state index contributed by atoms with van der Waals surface area (Å²) in [7, 11) is 0. The van der Waals surface area contributed by atoms with Crippen molar-refractivity contribution in [3.63, 3.8) is 0 Å². The third kappa shape index (κ3) is 3.57. The fraction of sp³-hybridized carbons (Fsp3) is 0.704. The van der Waals surface area contributed by atoms with Crippen LogP contribution in [0.4, 0.5) is 0 Å². The molecule has 1 aromatic rings. The van der Waals surface area contributed by atoms with Crippen LogP contribution in [0.2, 0.25) is 0 Å². The molecule has 5 fully saturated rings. The minimum atomic E-state index is -0.283. The molecule has 6 rings (SSSR count). The molecule has 32 heavy (non-hydrogen) atoms. The molecule has 0 N–H and O–H groups in total. The quantitative estimate of drug-likeness (QED) is 0.723. The normalized spacial score (nSPS) is 33.8. The molecule has 5 aliphatic rings. The Morgan fingerprint density at radius 3 is 2.34 bits per heavy atom. The predicted molar refractivity (Wildman–Crippen MR) is 124 cm³/mol. The van der Waals surface area contributed by atoms with Gasteiger partial charge in [-0.05, 0) is 55.1 Å². The molecule has 1 aromatic carbocycles. The van der Waals surface area contributed by atoms with Gasteiger partial charge in [-0.15, -0.1) is 0 Å². The van der Waals surface area contributed by atoms with Gasteiger partial charge in [-0.1, -0.05) is 56.4 Å². The summed E-state index contributed by atoms with van der Waals surface area (Å²) in [6, 6.07) is 9.08. The zero-order valence-electron chi connectivity index (χ0n) is 19.3. The number of hydrogen-bond acceptors (Lipinski definition) is 3. The van der Waals surface area contributed by atoms with Crippen LogP contribution in [0.5, 0.6) is 0 Å². The maximum absolute atomic E-state index is 13.6. The summed E-state index contributed by atoms with van der Waals surface area (Å²) in [6.45, 7) is 3.09. The molecule has 0 aromatic heterocycles. The lowest BCUT2D eigenvalue weighted by atomic mass is 9.84. The van der Waals surface area contributed by atoms with Gasteiger partial charge >= 0.3 is 0 Å². The smallest absolute Gasteiger partial charge is 0.247 e. The van der Waals surface area contributed by atoms with Gasteiger partial charge in [0.1, 0.15) is 12.1 Å². The minimum Gasteiger partial charge on any atom is -0.326 e. The standard InChI is InChI=1S/C27H37N3O2/c31-26-24-16-22-8-4-5-9-23(22)30(24)27(32)25-18-28(14-15-29(25)26)17-19-10-12-21(13-11-19)20-6-2-1-3-7-20/h10-13,20,22-25H,1-9,14-18H2. The summed E-state index contributed by atoms with van der Waals surface area (Å²) in [5, 5.41) is 0. The van der Waals surface area contributed by atoms with Crippen molar-refractivity contribution >= 4 is 11.8 Å². The molecule has 3 saturated heterocycles. The zero-order valence-corrected chi connectivity index (χ0v) is 19.3. The van der Waals surface area contributed by atoms with Gasteiger partial charge in [0.2, 0.25) is 11.8 Å². The Hall–Kier alpha value is -1.88. The van der Waals surface area contributed by atoms with E-state index in [1.807, 2.05) is 9.80 Å². The first-order chi connectivity index (χ1) is 15.7. The monoisotopic (exact) mass is 435 g/mol. The van der Waals surface area contributed by atoms with Crippen molar-refractivity contribution in [3.05, 3.63) is 35.4 Å². The zero-order chi connectivity index (χ0) is 21.7. The average molecular weight is 436 g/mol. The van der Waals surface area contributed by atoms with Crippen LogP contribution in [0.1, 0.15) is 81.3 Å². The number of piperazine rings is 2. The van der Waals surface area contributed by atoms with Crippen LogP contribution in [0.3, 0.4) is 0 Å². The van der Waals surface area contributed by atoms with Crippen molar-refractivity contribution in [1.29, 1.82) is 0 Å². The summed E-state index contributed by atoms with van der Waals surface area (Å²) >= 11 is 0. The molecule has 5 nitrogen and oxygen atoms in total. The third-order valence-corrected chi connectivity index (χ3v) is 9.12. The number of rotatable bonds is 3. The van der Waals surface area contributed by atoms with Crippen LogP contribution in [0.15, 0.2) is 24.3 Å². The van der Waals surface area contributed by atoms with Crippen molar-refractivity contribution in [2.24, 2.45) is 5.92 Å². The van der Waals surface area contributed by atoms with Gasteiger partial charge in [0, 0.05) is 32.2 Å². The largest absolute Gasteiger partial charge is 0.326 e. The lowest BCUT2D eigenvalue weighted by Crippen LogP contribution is -2.69. The minimum absolute atomic E-state index is 0.175. The molecule has 2 amide bonds. The van der Waals surface area contributed by atoms with Crippen molar-refractivity contribution in [2.75, 3.05) is 19.6 Å². The Balaban J connectivity index is 1.13. The highest BCUT2D eigenvalue weighted by molar-refractivity contribution is 5.98. The molecule has 5 heteroatoms. The Bertz CT molecular complexity index is 862. The van der Waals surface area contributed by atoms with Gasteiger partial charge in [0.15, 0.2) is 0 Å². The maximum atomic E-state index is 13.6. The lowest BCUT2D eigenvalue weighted by molar-refractivity contribution is -0.165. The van der Waals surface area contributed by atoms with E-state index >= 15 is 0 Å². The topological polar surface area (TPSA) is 43.9 Å². The van der Waals surface area contributed by atoms with E-state index in [4.69, 9.17) is 0 Å². The molecular weight excluding hydrogens is 398 g/mol. The highest BCUT2D eigenvalue weighted by atomic mass is 16.2. The van der Waals surface area contributed by atoms with Gasteiger partial charge < -0.3 is 9.80 Å². The van der Waals surface area contributed by atoms with Crippen LogP contribution >= 0.6 is 0 Å². The van der Waals surface area contributed by atoms with E-state index in [2.05, 4.69) is 29.2 Å². The van der Waals surface area contributed by atoms with Crippen molar-refractivity contribution < 1.29 is 9.59 Å². The number of carbonyl (C=O) groups is 2. The third-order valence-electron chi connectivity index (χ3n) is 9.12. The van der Waals surface area contributed by atoms with Crippen LogP contribution in [0, 0.1) is 5.92 Å². The number of nitrogens with zero attached hydrogens (tertiary/aromatic N) is 3. The molecule has 3 heterocycles. The molecule has 2 saturated carbocycles. The van der Waals surface area contributed by atoms with E-state index < -0.39 is 0 Å². The van der Waals surface area contributed by atoms with E-state index in [0.717, 1.165) is 31.8 Å². The van der Waals surface area contributed by atoms with E-state index in [1.165, 1.54) is 62.5 Å². The van der Waals surface area contributed by atoms with Gasteiger partial charge in [-0.3, -0.25) is 14.5 Å². The highest BCUT2D eigenvalue weighted by Gasteiger charge is 2.55. The van der Waals surface area contributed by atoms with Crippen LogP contribution in [-0.2, 0) is 16.1 Å². The van der Waals surface area contributed by atoms with E-state index in [9.17, 15) is 9.59 Å². The van der Waals surface area contributed by atoms with Crippen LogP contribution < -0.4 is 0 Å². The fourth-order valence-corrected chi connectivity index (χ4v) is 7.41. The lowest BCUT2D eigenvalue weighted by Gasteiger charge is -2.49. The van der Waals surface area contributed by atoms with Crippen molar-refractivity contribution in [2.45, 2.75) is 94.8 Å². The molecule has 2 aliphatic carbocycles. The fourth-order valence-electron chi connectivity index (χ4n) is 7.41. The summed E-state index contributed by atoms with van der Waals surface area (Å²) in [4.78, 5) is 33.2. The van der Waals surface area contributed by atoms with E-state index in [0.29, 0.717) is 25.0 Å². The van der Waals surface area contributed by atoms with Gasteiger partial charge in [0.25, 0.3) is 0 Å². The summed E-state index contributed by atoms with van der Waals surface area (Å²) in [5.41, 5.74) is 2.81. The second-order valence-electron chi connectivity index (χ2n) is 11.0. The molecule has 172 valence electrons. The first kappa shape index (κ1) is 20.7. The number of carbonyl (C=O) groups excluding carboxylic acids is 2. The van der Waals surface area contributed by atoms with Crippen molar-refractivity contribution in [1.82, 2.24) is 14.7 Å². The number of fused-ring (bicyclic) bond motifs is 4. The highest BCUT2D eigenvalue weighted by Crippen LogP contribution is 2.43. The Morgan fingerprint density at radius 2 is 1.53 bits per heavy atom. The summed E-state index contributed by atoms with van der Waals surface area (Å²) < 4.78 is 0. The molecule has 4 atom stereocenters. The van der Waals surface area contributed by atoms with Crippen molar-refractivity contribution in [3.8, 4) is 0 Å².